The zero-order valence-electron chi connectivity index (χ0n) is 14.0. The first kappa shape index (κ1) is 17.7. The van der Waals surface area contributed by atoms with E-state index in [2.05, 4.69) is 24.1 Å². The van der Waals surface area contributed by atoms with E-state index >= 15 is 0 Å². The molecule has 1 atom stereocenters. The smallest absolute Gasteiger partial charge is 0.227 e. The Kier molecular flexibility index (Phi) is 6.62. The van der Waals surface area contributed by atoms with Gasteiger partial charge in [-0.3, -0.25) is 9.69 Å². The molecule has 6 heteroatoms. The number of nitrogens with one attached hydrogen (secondary N) is 1. The maximum Gasteiger partial charge on any atom is 0.227 e. The van der Waals surface area contributed by atoms with Crippen molar-refractivity contribution in [2.45, 2.75) is 32.8 Å². The average Bonchev–Trinajstić information content (AvgIpc) is 2.53. The lowest BCUT2D eigenvalue weighted by Gasteiger charge is -2.37. The molecule has 2 heterocycles. The molecule has 0 aromatic heterocycles. The van der Waals surface area contributed by atoms with Gasteiger partial charge in [-0.15, -0.1) is 0 Å². The van der Waals surface area contributed by atoms with Gasteiger partial charge < -0.3 is 20.5 Å². The third-order valence-corrected chi connectivity index (χ3v) is 4.66. The molecule has 3 N–H and O–H groups in total. The fraction of sp³-hybridized carbons (Fsp3) is 0.938. The van der Waals surface area contributed by atoms with Crippen LogP contribution in [0.2, 0.25) is 0 Å². The summed E-state index contributed by atoms with van der Waals surface area (Å²) in [7, 11) is 0. The number of morpholine rings is 1. The van der Waals surface area contributed by atoms with Crippen LogP contribution in [0.4, 0.5) is 0 Å². The van der Waals surface area contributed by atoms with E-state index in [-0.39, 0.29) is 12.0 Å². The summed E-state index contributed by atoms with van der Waals surface area (Å²) in [6.45, 7) is 10.3. The lowest BCUT2D eigenvalue weighted by Crippen LogP contribution is -2.53. The van der Waals surface area contributed by atoms with Gasteiger partial charge in [-0.25, -0.2) is 0 Å². The Morgan fingerprint density at radius 3 is 2.73 bits per heavy atom. The summed E-state index contributed by atoms with van der Waals surface area (Å²) >= 11 is 0. The fourth-order valence-electron chi connectivity index (χ4n) is 3.27. The molecule has 2 rings (SSSR count). The maximum atomic E-state index is 12.5. The van der Waals surface area contributed by atoms with Crippen LogP contribution in [0.1, 0.15) is 26.7 Å². The molecule has 0 bridgehead atoms. The lowest BCUT2D eigenvalue weighted by molar-refractivity contribution is -0.137. The van der Waals surface area contributed by atoms with Gasteiger partial charge in [0.05, 0.1) is 18.1 Å². The summed E-state index contributed by atoms with van der Waals surface area (Å²) in [5.74, 6) is 0.707. The number of carbonyl (C=O) groups excluding carboxylic acids is 1. The summed E-state index contributed by atoms with van der Waals surface area (Å²) in [6.07, 6.45) is 1.49. The van der Waals surface area contributed by atoms with Gasteiger partial charge in [0.1, 0.15) is 0 Å². The van der Waals surface area contributed by atoms with Crippen molar-refractivity contribution >= 4 is 5.91 Å². The van der Waals surface area contributed by atoms with Crippen molar-refractivity contribution in [3.63, 3.8) is 0 Å². The third kappa shape index (κ3) is 4.65. The zero-order chi connectivity index (χ0) is 16.0. The predicted molar refractivity (Wildman–Crippen MR) is 85.6 cm³/mol. The molecule has 0 spiro atoms. The van der Waals surface area contributed by atoms with Crippen LogP contribution >= 0.6 is 0 Å². The number of hydrogen-bond acceptors (Lipinski definition) is 5. The summed E-state index contributed by atoms with van der Waals surface area (Å²) < 4.78 is 11.1. The number of ether oxygens (including phenoxy) is 2. The number of nitrogens with zero attached hydrogens (tertiary/aromatic N) is 1. The molecule has 0 aromatic rings. The van der Waals surface area contributed by atoms with Crippen molar-refractivity contribution in [2.24, 2.45) is 17.1 Å². The van der Waals surface area contributed by atoms with Gasteiger partial charge in [0.25, 0.3) is 0 Å². The molecule has 2 aliphatic heterocycles. The monoisotopic (exact) mass is 313 g/mol. The lowest BCUT2D eigenvalue weighted by atomic mass is 9.79. The van der Waals surface area contributed by atoms with E-state index in [9.17, 15) is 4.79 Å². The number of nitrogens with two attached hydrogens (primary N) is 1. The molecular formula is C16H31N3O3. The molecule has 2 fully saturated rings. The second kappa shape index (κ2) is 8.24. The highest BCUT2D eigenvalue weighted by Crippen LogP contribution is 2.29. The van der Waals surface area contributed by atoms with E-state index in [4.69, 9.17) is 15.2 Å². The Balaban J connectivity index is 1.80. The highest BCUT2D eigenvalue weighted by molar-refractivity contribution is 5.83. The van der Waals surface area contributed by atoms with Crippen LogP contribution in [0.15, 0.2) is 0 Å². The van der Waals surface area contributed by atoms with Gasteiger partial charge in [-0.2, -0.15) is 0 Å². The molecule has 2 aliphatic rings. The topological polar surface area (TPSA) is 76.8 Å². The molecule has 1 unspecified atom stereocenters. The van der Waals surface area contributed by atoms with Crippen molar-refractivity contribution in [3.05, 3.63) is 0 Å². The molecule has 1 amide bonds. The summed E-state index contributed by atoms with van der Waals surface area (Å²) in [6, 6.07) is 0. The number of rotatable bonds is 6. The Morgan fingerprint density at radius 2 is 2.09 bits per heavy atom. The van der Waals surface area contributed by atoms with Crippen molar-refractivity contribution in [2.75, 3.05) is 52.5 Å². The van der Waals surface area contributed by atoms with E-state index in [0.717, 1.165) is 26.2 Å². The molecule has 2 saturated heterocycles. The summed E-state index contributed by atoms with van der Waals surface area (Å²) in [5, 5.41) is 3.06. The van der Waals surface area contributed by atoms with Crippen LogP contribution in [-0.4, -0.2) is 69.5 Å². The van der Waals surface area contributed by atoms with Crippen LogP contribution in [0.3, 0.4) is 0 Å². The number of carbonyl (C=O) groups is 1. The van der Waals surface area contributed by atoms with Gasteiger partial charge in [-0.05, 0) is 18.8 Å². The molecule has 0 radical (unpaired) electrons. The van der Waals surface area contributed by atoms with Crippen LogP contribution in [0.25, 0.3) is 0 Å². The largest absolute Gasteiger partial charge is 0.381 e. The molecule has 0 aliphatic carbocycles. The standard InChI is InChI=1S/C16H31N3O3/c1-13(2)10-19-5-8-22-14(11-19)9-18-15(20)16(12-17)3-6-21-7-4-16/h13-14H,3-12,17H2,1-2H3,(H,18,20). The quantitative estimate of drug-likeness (QED) is 0.733. The Hall–Kier alpha value is -0.690. The second-order valence-electron chi connectivity index (χ2n) is 6.95. The van der Waals surface area contributed by atoms with Crippen molar-refractivity contribution in [1.82, 2.24) is 10.2 Å². The molecule has 0 aromatic carbocycles. The Bertz CT molecular complexity index is 357. The highest BCUT2D eigenvalue weighted by atomic mass is 16.5. The number of hydrogen-bond donors (Lipinski definition) is 2. The van der Waals surface area contributed by atoms with Gasteiger partial charge >= 0.3 is 0 Å². The first-order valence-corrected chi connectivity index (χ1v) is 8.46. The summed E-state index contributed by atoms with van der Waals surface area (Å²) in [5.41, 5.74) is 5.42. The summed E-state index contributed by atoms with van der Waals surface area (Å²) in [4.78, 5) is 15.0. The van der Waals surface area contributed by atoms with Gasteiger partial charge in [0.15, 0.2) is 0 Å². The van der Waals surface area contributed by atoms with Crippen LogP contribution in [0, 0.1) is 11.3 Å². The van der Waals surface area contributed by atoms with E-state index in [1.54, 1.807) is 0 Å². The SMILES string of the molecule is CC(C)CN1CCOC(CNC(=O)C2(CN)CCOCC2)C1. The minimum atomic E-state index is -0.454. The zero-order valence-corrected chi connectivity index (χ0v) is 14.0. The molecule has 128 valence electrons. The average molecular weight is 313 g/mol. The maximum absolute atomic E-state index is 12.5. The van der Waals surface area contributed by atoms with Crippen LogP contribution < -0.4 is 11.1 Å². The van der Waals surface area contributed by atoms with Crippen molar-refractivity contribution in [1.29, 1.82) is 0 Å². The third-order valence-electron chi connectivity index (χ3n) is 4.66. The fourth-order valence-corrected chi connectivity index (χ4v) is 3.27. The Labute approximate surface area is 133 Å². The van der Waals surface area contributed by atoms with Gasteiger partial charge in [-0.1, -0.05) is 13.8 Å². The highest BCUT2D eigenvalue weighted by Gasteiger charge is 2.39. The molecule has 0 saturated carbocycles. The Morgan fingerprint density at radius 1 is 1.36 bits per heavy atom. The van der Waals surface area contributed by atoms with Crippen molar-refractivity contribution < 1.29 is 14.3 Å². The van der Waals surface area contributed by atoms with Gasteiger partial charge in [0, 0.05) is 45.9 Å². The van der Waals surface area contributed by atoms with E-state index in [0.29, 0.717) is 45.1 Å². The normalized spacial score (nSPS) is 26.1. The minimum absolute atomic E-state index is 0.0582. The predicted octanol–water partition coefficient (Wildman–Crippen LogP) is 0.215. The van der Waals surface area contributed by atoms with E-state index in [1.165, 1.54) is 0 Å². The molecule has 6 nitrogen and oxygen atoms in total. The first-order chi connectivity index (χ1) is 10.6. The first-order valence-electron chi connectivity index (χ1n) is 8.46. The van der Waals surface area contributed by atoms with Crippen LogP contribution in [-0.2, 0) is 14.3 Å². The van der Waals surface area contributed by atoms with E-state index in [1.807, 2.05) is 0 Å². The van der Waals surface area contributed by atoms with E-state index < -0.39 is 5.41 Å². The van der Waals surface area contributed by atoms with Crippen LogP contribution in [0.5, 0.6) is 0 Å². The number of amides is 1. The van der Waals surface area contributed by atoms with Crippen molar-refractivity contribution in [3.8, 4) is 0 Å². The molecular weight excluding hydrogens is 282 g/mol. The minimum Gasteiger partial charge on any atom is -0.381 e. The second-order valence-corrected chi connectivity index (χ2v) is 6.95. The molecule has 22 heavy (non-hydrogen) atoms. The van der Waals surface area contributed by atoms with Gasteiger partial charge in [0.2, 0.25) is 5.91 Å².